The minimum atomic E-state index is -0.297. The van der Waals surface area contributed by atoms with Gasteiger partial charge in [-0.3, -0.25) is 9.89 Å². The molecule has 0 saturated carbocycles. The molecule has 2 rings (SSSR count). The van der Waals surface area contributed by atoms with Crippen LogP contribution in [-0.2, 0) is 6.54 Å². The summed E-state index contributed by atoms with van der Waals surface area (Å²) >= 11 is 1.84. The zero-order chi connectivity index (χ0) is 19.9. The molecule has 0 amide bonds. The molecule has 1 fully saturated rings. The van der Waals surface area contributed by atoms with Gasteiger partial charge in [0, 0.05) is 44.0 Å². The summed E-state index contributed by atoms with van der Waals surface area (Å²) in [5.74, 6) is 0.868. The Labute approximate surface area is 167 Å². The van der Waals surface area contributed by atoms with Gasteiger partial charge in [0.15, 0.2) is 17.5 Å². The van der Waals surface area contributed by atoms with Crippen molar-refractivity contribution in [3.05, 3.63) is 29.6 Å². The van der Waals surface area contributed by atoms with Gasteiger partial charge in [0.05, 0.1) is 7.11 Å². The molecule has 2 N–H and O–H groups in total. The number of aliphatic imine (C=N–C) groups is 1. The highest BCUT2D eigenvalue weighted by atomic mass is 32.2. The number of rotatable bonds is 7. The summed E-state index contributed by atoms with van der Waals surface area (Å²) in [5, 5.41) is 6.96. The lowest BCUT2D eigenvalue weighted by Gasteiger charge is -2.33. The van der Waals surface area contributed by atoms with Crippen LogP contribution >= 0.6 is 11.8 Å². The Kier molecular flexibility index (Phi) is 8.23. The molecule has 7 heteroatoms. The third kappa shape index (κ3) is 6.88. The second-order valence-corrected chi connectivity index (χ2v) is 9.07. The summed E-state index contributed by atoms with van der Waals surface area (Å²) in [5.41, 5.74) is 0.983. The summed E-state index contributed by atoms with van der Waals surface area (Å²) in [6.07, 6.45) is 4.22. The first-order valence-electron chi connectivity index (χ1n) is 9.44. The van der Waals surface area contributed by atoms with Gasteiger partial charge in [-0.1, -0.05) is 6.07 Å². The van der Waals surface area contributed by atoms with Crippen molar-refractivity contribution in [3.8, 4) is 5.75 Å². The molecular formula is C20H33FN4OS. The maximum absolute atomic E-state index is 13.9. The van der Waals surface area contributed by atoms with Gasteiger partial charge in [-0.25, -0.2) is 4.39 Å². The predicted molar refractivity (Wildman–Crippen MR) is 113 cm³/mol. The van der Waals surface area contributed by atoms with E-state index in [-0.39, 0.29) is 10.6 Å². The molecule has 0 aromatic heterocycles. The average molecular weight is 397 g/mol. The molecule has 1 aliphatic heterocycles. The van der Waals surface area contributed by atoms with Crippen LogP contribution in [0, 0.1) is 5.82 Å². The minimum absolute atomic E-state index is 0.175. The summed E-state index contributed by atoms with van der Waals surface area (Å²) in [6, 6.07) is 5.62. The van der Waals surface area contributed by atoms with Gasteiger partial charge in [-0.2, -0.15) is 11.8 Å². The maximum Gasteiger partial charge on any atom is 0.191 e. The molecule has 152 valence electrons. The van der Waals surface area contributed by atoms with Crippen molar-refractivity contribution in [3.63, 3.8) is 0 Å². The summed E-state index contributed by atoms with van der Waals surface area (Å²) in [4.78, 5) is 6.72. The van der Waals surface area contributed by atoms with Gasteiger partial charge < -0.3 is 15.4 Å². The fourth-order valence-electron chi connectivity index (χ4n) is 3.06. The van der Waals surface area contributed by atoms with Crippen LogP contribution in [0.1, 0.15) is 32.3 Å². The van der Waals surface area contributed by atoms with Gasteiger partial charge in [0.25, 0.3) is 0 Å². The Morgan fingerprint density at radius 3 is 2.63 bits per heavy atom. The lowest BCUT2D eigenvalue weighted by atomic mass is 10.0. The molecule has 1 aromatic carbocycles. The normalized spacial score (nSPS) is 17.0. The molecule has 1 heterocycles. The van der Waals surface area contributed by atoms with E-state index >= 15 is 0 Å². The second kappa shape index (κ2) is 10.2. The summed E-state index contributed by atoms with van der Waals surface area (Å²) < 4.78 is 19.0. The van der Waals surface area contributed by atoms with Crippen LogP contribution in [-0.4, -0.2) is 61.7 Å². The van der Waals surface area contributed by atoms with Crippen LogP contribution in [0.2, 0.25) is 0 Å². The number of benzene rings is 1. The number of likely N-dealkylation sites (tertiary alicyclic amines) is 1. The zero-order valence-corrected chi connectivity index (χ0v) is 18.0. The SMILES string of the molecule is CN=C(NCC(C)(C)SC)NC1CCN(Cc2ccc(OC)c(F)c2)CC1. The molecule has 0 atom stereocenters. The van der Waals surface area contributed by atoms with Crippen molar-refractivity contribution < 1.29 is 9.13 Å². The third-order valence-electron chi connectivity index (χ3n) is 5.01. The van der Waals surface area contributed by atoms with Gasteiger partial charge in [0.2, 0.25) is 0 Å². The van der Waals surface area contributed by atoms with E-state index in [2.05, 4.69) is 40.6 Å². The fraction of sp³-hybridized carbons (Fsp3) is 0.650. The molecule has 1 aromatic rings. The van der Waals surface area contributed by atoms with Crippen LogP contribution in [0.5, 0.6) is 5.75 Å². The van der Waals surface area contributed by atoms with Gasteiger partial charge in [-0.05, 0) is 50.6 Å². The van der Waals surface area contributed by atoms with Crippen molar-refractivity contribution >= 4 is 17.7 Å². The molecule has 0 aliphatic carbocycles. The first kappa shape index (κ1) is 21.8. The number of ether oxygens (including phenoxy) is 1. The molecule has 1 aliphatic rings. The molecule has 1 saturated heterocycles. The third-order valence-corrected chi connectivity index (χ3v) is 6.26. The van der Waals surface area contributed by atoms with E-state index in [4.69, 9.17) is 4.74 Å². The molecule has 0 bridgehead atoms. The highest BCUT2D eigenvalue weighted by molar-refractivity contribution is 7.99. The number of piperidine rings is 1. The molecule has 5 nitrogen and oxygen atoms in total. The largest absolute Gasteiger partial charge is 0.494 e. The number of halogens is 1. The Bertz CT molecular complexity index is 630. The highest BCUT2D eigenvalue weighted by Crippen LogP contribution is 2.21. The van der Waals surface area contributed by atoms with Crippen LogP contribution in [0.25, 0.3) is 0 Å². The Morgan fingerprint density at radius 2 is 2.07 bits per heavy atom. The number of hydrogen-bond acceptors (Lipinski definition) is 4. The Hall–Kier alpha value is -1.47. The van der Waals surface area contributed by atoms with E-state index in [0.717, 1.165) is 50.5 Å². The van der Waals surface area contributed by atoms with Crippen molar-refractivity contribution in [1.82, 2.24) is 15.5 Å². The first-order valence-corrected chi connectivity index (χ1v) is 10.7. The number of hydrogen-bond donors (Lipinski definition) is 2. The smallest absolute Gasteiger partial charge is 0.191 e. The Morgan fingerprint density at radius 1 is 1.37 bits per heavy atom. The monoisotopic (exact) mass is 396 g/mol. The van der Waals surface area contributed by atoms with E-state index in [1.807, 2.05) is 24.9 Å². The molecular weight excluding hydrogens is 363 g/mol. The van der Waals surface area contributed by atoms with Crippen LogP contribution in [0.15, 0.2) is 23.2 Å². The highest BCUT2D eigenvalue weighted by Gasteiger charge is 2.21. The summed E-state index contributed by atoms with van der Waals surface area (Å²) in [7, 11) is 3.30. The molecule has 0 spiro atoms. The summed E-state index contributed by atoms with van der Waals surface area (Å²) in [6.45, 7) is 8.05. The molecule has 27 heavy (non-hydrogen) atoms. The zero-order valence-electron chi connectivity index (χ0n) is 17.1. The second-order valence-electron chi connectivity index (χ2n) is 7.55. The number of guanidine groups is 1. The minimum Gasteiger partial charge on any atom is -0.494 e. The van der Waals surface area contributed by atoms with E-state index in [1.165, 1.54) is 7.11 Å². The van der Waals surface area contributed by atoms with E-state index in [9.17, 15) is 4.39 Å². The maximum atomic E-state index is 13.9. The topological polar surface area (TPSA) is 48.9 Å². The predicted octanol–water partition coefficient (Wildman–Crippen LogP) is 3.11. The van der Waals surface area contributed by atoms with E-state index in [0.29, 0.717) is 11.8 Å². The quantitative estimate of drug-likeness (QED) is 0.548. The van der Waals surface area contributed by atoms with Crippen LogP contribution in [0.3, 0.4) is 0 Å². The lowest BCUT2D eigenvalue weighted by molar-refractivity contribution is 0.198. The van der Waals surface area contributed by atoms with Crippen LogP contribution < -0.4 is 15.4 Å². The first-order chi connectivity index (χ1) is 12.9. The van der Waals surface area contributed by atoms with E-state index < -0.39 is 0 Å². The van der Waals surface area contributed by atoms with Gasteiger partial charge >= 0.3 is 0 Å². The Balaban J connectivity index is 1.78. The fourth-order valence-corrected chi connectivity index (χ4v) is 3.28. The standard InChI is InChI=1S/C20H33FN4OS/c1-20(2,27-5)14-23-19(22-3)24-16-8-10-25(11-9-16)13-15-6-7-18(26-4)17(21)12-15/h6-7,12,16H,8-11,13-14H2,1-5H3,(H2,22,23,24). The number of nitrogens with zero attached hydrogens (tertiary/aromatic N) is 2. The van der Waals surface area contributed by atoms with Gasteiger partial charge in [-0.15, -0.1) is 0 Å². The van der Waals surface area contributed by atoms with E-state index in [1.54, 1.807) is 12.1 Å². The average Bonchev–Trinajstić information content (AvgIpc) is 2.66. The molecule has 0 radical (unpaired) electrons. The molecule has 0 unspecified atom stereocenters. The number of nitrogens with one attached hydrogen (secondary N) is 2. The van der Waals surface area contributed by atoms with Crippen molar-refractivity contribution in [1.29, 1.82) is 0 Å². The van der Waals surface area contributed by atoms with Crippen molar-refractivity contribution in [2.45, 2.75) is 44.0 Å². The number of methoxy groups -OCH3 is 1. The van der Waals surface area contributed by atoms with Crippen molar-refractivity contribution in [2.24, 2.45) is 4.99 Å². The number of thioether (sulfide) groups is 1. The van der Waals surface area contributed by atoms with Crippen LogP contribution in [0.4, 0.5) is 4.39 Å². The van der Waals surface area contributed by atoms with Gasteiger partial charge in [0.1, 0.15) is 0 Å². The lowest BCUT2D eigenvalue weighted by Crippen LogP contribution is -2.50. The van der Waals surface area contributed by atoms with Crippen molar-refractivity contribution in [2.75, 3.05) is 40.0 Å².